The first kappa shape index (κ1) is 11.5. The molecule has 0 saturated carbocycles. The Bertz CT molecular complexity index is 546. The van der Waals surface area contributed by atoms with E-state index < -0.39 is 0 Å². The topological polar surface area (TPSA) is 93.8 Å². The molecule has 1 heterocycles. The summed E-state index contributed by atoms with van der Waals surface area (Å²) in [6.45, 7) is 0. The number of benzene rings is 1. The van der Waals surface area contributed by atoms with Crippen LogP contribution in [0.4, 0.5) is 11.6 Å². The normalized spacial score (nSPS) is 9.94. The molecule has 0 radical (unpaired) electrons. The number of halogens is 1. The monoisotopic (exact) mass is 293 g/mol. The van der Waals surface area contributed by atoms with Crippen LogP contribution in [0.25, 0.3) is 0 Å². The molecule has 1 aromatic heterocycles. The molecule has 1 amide bonds. The van der Waals surface area contributed by atoms with E-state index in [-0.39, 0.29) is 11.9 Å². The number of hydrogen-bond donors (Lipinski definition) is 2. The van der Waals surface area contributed by atoms with Crippen LogP contribution in [0.3, 0.4) is 0 Å². The van der Waals surface area contributed by atoms with Crippen molar-refractivity contribution in [3.63, 3.8) is 0 Å². The molecule has 6 nitrogen and oxygen atoms in total. The second kappa shape index (κ2) is 4.88. The summed E-state index contributed by atoms with van der Waals surface area (Å²) in [6.07, 6.45) is 2.87. The van der Waals surface area contributed by atoms with E-state index in [2.05, 4.69) is 36.4 Å². The van der Waals surface area contributed by atoms with Crippen LogP contribution >= 0.6 is 15.9 Å². The summed E-state index contributed by atoms with van der Waals surface area (Å²) in [7, 11) is 0. The van der Waals surface area contributed by atoms with E-state index in [1.807, 2.05) is 0 Å². The van der Waals surface area contributed by atoms with Crippen molar-refractivity contribution in [1.29, 1.82) is 0 Å². The fourth-order valence-corrected chi connectivity index (χ4v) is 1.41. The first-order valence-corrected chi connectivity index (χ1v) is 5.46. The van der Waals surface area contributed by atoms with Crippen molar-refractivity contribution in [3.8, 4) is 0 Å². The number of carbonyl (C=O) groups excluding carboxylic acids is 1. The fraction of sp³-hybridized carbons (Fsp3) is 0. The molecule has 0 aliphatic rings. The lowest BCUT2D eigenvalue weighted by Gasteiger charge is -2.04. The predicted octanol–water partition coefficient (Wildman–Crippen LogP) is 1.47. The average molecular weight is 294 g/mol. The second-order valence-corrected chi connectivity index (χ2v) is 4.01. The van der Waals surface area contributed by atoms with Crippen molar-refractivity contribution in [2.75, 3.05) is 11.1 Å². The molecule has 2 aromatic rings. The highest BCUT2D eigenvalue weighted by Crippen LogP contribution is 2.20. The van der Waals surface area contributed by atoms with Gasteiger partial charge in [-0.3, -0.25) is 10.1 Å². The van der Waals surface area contributed by atoms with Crippen molar-refractivity contribution in [1.82, 2.24) is 15.2 Å². The van der Waals surface area contributed by atoms with Crippen molar-refractivity contribution in [2.45, 2.75) is 0 Å². The molecule has 0 atom stereocenters. The van der Waals surface area contributed by atoms with Gasteiger partial charge in [-0.25, -0.2) is 4.98 Å². The fourth-order valence-electron chi connectivity index (χ4n) is 1.16. The first-order valence-electron chi connectivity index (χ1n) is 4.67. The molecule has 0 aliphatic carbocycles. The van der Waals surface area contributed by atoms with Crippen molar-refractivity contribution >= 4 is 33.5 Å². The van der Waals surface area contributed by atoms with Gasteiger partial charge in [0.15, 0.2) is 0 Å². The summed E-state index contributed by atoms with van der Waals surface area (Å²) < 4.78 is 0.742. The Labute approximate surface area is 105 Å². The van der Waals surface area contributed by atoms with Crippen LogP contribution in [0.2, 0.25) is 0 Å². The number of carbonyl (C=O) groups is 1. The average Bonchev–Trinajstić information content (AvgIpc) is 2.34. The molecule has 7 heteroatoms. The predicted molar refractivity (Wildman–Crippen MR) is 66.3 cm³/mol. The van der Waals surface area contributed by atoms with Gasteiger partial charge in [-0.05, 0) is 34.1 Å². The Morgan fingerprint density at radius 2 is 2.18 bits per heavy atom. The van der Waals surface area contributed by atoms with Crippen molar-refractivity contribution in [3.05, 3.63) is 40.6 Å². The number of nitrogens with zero attached hydrogens (tertiary/aromatic N) is 3. The van der Waals surface area contributed by atoms with Crippen molar-refractivity contribution < 1.29 is 4.79 Å². The lowest BCUT2D eigenvalue weighted by Crippen LogP contribution is -2.14. The van der Waals surface area contributed by atoms with Crippen LogP contribution < -0.4 is 11.1 Å². The molecule has 17 heavy (non-hydrogen) atoms. The van der Waals surface area contributed by atoms with E-state index >= 15 is 0 Å². The SMILES string of the molecule is Nc1cc(C(=O)Nc2nccnn2)ccc1Br. The Hall–Kier alpha value is -2.02. The van der Waals surface area contributed by atoms with E-state index in [0.29, 0.717) is 11.3 Å². The largest absolute Gasteiger partial charge is 0.398 e. The van der Waals surface area contributed by atoms with Gasteiger partial charge in [-0.15, -0.1) is 5.10 Å². The zero-order valence-corrected chi connectivity index (χ0v) is 10.2. The number of nitrogen functional groups attached to an aromatic ring is 1. The summed E-state index contributed by atoms with van der Waals surface area (Å²) >= 11 is 3.25. The minimum absolute atomic E-state index is 0.152. The van der Waals surface area contributed by atoms with Crippen LogP contribution in [0.5, 0.6) is 0 Å². The highest BCUT2D eigenvalue weighted by atomic mass is 79.9. The zero-order chi connectivity index (χ0) is 12.3. The quantitative estimate of drug-likeness (QED) is 0.818. The minimum atomic E-state index is -0.336. The summed E-state index contributed by atoms with van der Waals surface area (Å²) in [6, 6.07) is 4.91. The van der Waals surface area contributed by atoms with Crippen LogP contribution in [0.1, 0.15) is 10.4 Å². The summed E-state index contributed by atoms with van der Waals surface area (Å²) in [5.74, 6) is -0.184. The molecule has 0 saturated heterocycles. The Morgan fingerprint density at radius 3 is 2.82 bits per heavy atom. The molecule has 0 aliphatic heterocycles. The molecule has 1 aromatic carbocycles. The maximum atomic E-state index is 11.8. The molecule has 3 N–H and O–H groups in total. The summed E-state index contributed by atoms with van der Waals surface area (Å²) in [4.78, 5) is 15.6. The molecule has 0 bridgehead atoms. The first-order chi connectivity index (χ1) is 8.16. The number of nitrogens with one attached hydrogen (secondary N) is 1. The van der Waals surface area contributed by atoms with E-state index in [9.17, 15) is 4.79 Å². The molecular weight excluding hydrogens is 286 g/mol. The summed E-state index contributed by atoms with van der Waals surface area (Å²) in [5.41, 5.74) is 6.60. The Morgan fingerprint density at radius 1 is 1.35 bits per heavy atom. The van der Waals surface area contributed by atoms with Gasteiger partial charge in [0.25, 0.3) is 5.91 Å². The lowest BCUT2D eigenvalue weighted by molar-refractivity contribution is 0.102. The third-order valence-electron chi connectivity index (χ3n) is 1.97. The number of aromatic nitrogens is 3. The zero-order valence-electron chi connectivity index (χ0n) is 8.59. The Balaban J connectivity index is 2.18. The number of rotatable bonds is 2. The van der Waals surface area contributed by atoms with Gasteiger partial charge in [-0.2, -0.15) is 5.10 Å². The van der Waals surface area contributed by atoms with Gasteiger partial charge in [0, 0.05) is 15.7 Å². The maximum absolute atomic E-state index is 11.8. The Kier molecular flexibility index (Phi) is 3.29. The third kappa shape index (κ3) is 2.76. The van der Waals surface area contributed by atoms with E-state index in [1.54, 1.807) is 18.2 Å². The third-order valence-corrected chi connectivity index (χ3v) is 2.69. The van der Waals surface area contributed by atoms with E-state index in [1.165, 1.54) is 12.4 Å². The second-order valence-electron chi connectivity index (χ2n) is 3.16. The minimum Gasteiger partial charge on any atom is -0.398 e. The highest BCUT2D eigenvalue weighted by molar-refractivity contribution is 9.10. The highest BCUT2D eigenvalue weighted by Gasteiger charge is 2.08. The van der Waals surface area contributed by atoms with E-state index in [0.717, 1.165) is 4.47 Å². The van der Waals surface area contributed by atoms with Crippen LogP contribution in [-0.4, -0.2) is 21.1 Å². The standard InChI is InChI=1S/C10H8BrN5O/c11-7-2-1-6(5-8(7)12)9(17)15-10-13-3-4-14-16-10/h1-5H,12H2,(H,13,15,16,17). The smallest absolute Gasteiger partial charge is 0.258 e. The van der Waals surface area contributed by atoms with Gasteiger partial charge in [0.05, 0.1) is 12.4 Å². The number of hydrogen-bond acceptors (Lipinski definition) is 5. The van der Waals surface area contributed by atoms with Gasteiger partial charge in [0.2, 0.25) is 5.95 Å². The maximum Gasteiger partial charge on any atom is 0.258 e. The van der Waals surface area contributed by atoms with E-state index in [4.69, 9.17) is 5.73 Å². The van der Waals surface area contributed by atoms with Crippen molar-refractivity contribution in [2.24, 2.45) is 0 Å². The molecular formula is C10H8BrN5O. The molecule has 86 valence electrons. The number of amides is 1. The molecule has 0 spiro atoms. The van der Waals surface area contributed by atoms with Gasteiger partial charge in [-0.1, -0.05) is 0 Å². The summed E-state index contributed by atoms with van der Waals surface area (Å²) in [5, 5.41) is 9.76. The van der Waals surface area contributed by atoms with Gasteiger partial charge in [0.1, 0.15) is 0 Å². The van der Waals surface area contributed by atoms with Gasteiger partial charge >= 0.3 is 0 Å². The molecule has 0 unspecified atom stereocenters. The van der Waals surface area contributed by atoms with Crippen LogP contribution in [0, 0.1) is 0 Å². The number of anilines is 2. The van der Waals surface area contributed by atoms with Gasteiger partial charge < -0.3 is 5.73 Å². The molecule has 2 rings (SSSR count). The van der Waals surface area contributed by atoms with Crippen LogP contribution in [0.15, 0.2) is 35.1 Å². The molecule has 0 fully saturated rings. The lowest BCUT2D eigenvalue weighted by atomic mass is 10.2. The number of nitrogens with two attached hydrogens (primary N) is 1. The van der Waals surface area contributed by atoms with Crippen LogP contribution in [-0.2, 0) is 0 Å².